The van der Waals surface area contributed by atoms with Gasteiger partial charge in [-0.1, -0.05) is 0 Å². The van der Waals surface area contributed by atoms with Crippen LogP contribution in [0.1, 0.15) is 36.8 Å². The van der Waals surface area contributed by atoms with Crippen LogP contribution >= 0.6 is 0 Å². The highest BCUT2D eigenvalue weighted by Crippen LogP contribution is 2.32. The third-order valence-corrected chi connectivity index (χ3v) is 3.48. The summed E-state index contributed by atoms with van der Waals surface area (Å²) in [6.45, 7) is 6.20. The Labute approximate surface area is 121 Å². The number of alkyl halides is 3. The molecule has 0 aromatic carbocycles. The molecular weight excluding hydrogens is 285 g/mol. The number of aromatic nitrogens is 2. The molecule has 2 heterocycles. The fourth-order valence-corrected chi connectivity index (χ4v) is 2.74. The van der Waals surface area contributed by atoms with Gasteiger partial charge in [0, 0.05) is 31.7 Å². The molecule has 2 unspecified atom stereocenters. The Balaban J connectivity index is 2.33. The van der Waals surface area contributed by atoms with Gasteiger partial charge in [0.1, 0.15) is 0 Å². The van der Waals surface area contributed by atoms with Crippen LogP contribution in [0.2, 0.25) is 0 Å². The summed E-state index contributed by atoms with van der Waals surface area (Å²) >= 11 is 0. The standard InChI is InChI=1S/C13H19F3N4O/c1-4-20-11(13(14,15)16)10(5-17-20)12(21)19-6-8(2)18-9(3)7-19/h5,8-9,18H,4,6-7H2,1-3H3. The molecule has 1 saturated heterocycles. The summed E-state index contributed by atoms with van der Waals surface area (Å²) in [7, 11) is 0. The smallest absolute Gasteiger partial charge is 0.335 e. The van der Waals surface area contributed by atoms with Crippen LogP contribution in [0.25, 0.3) is 0 Å². The third-order valence-electron chi connectivity index (χ3n) is 3.48. The van der Waals surface area contributed by atoms with Gasteiger partial charge in [-0.3, -0.25) is 9.48 Å². The molecule has 1 aliphatic rings. The topological polar surface area (TPSA) is 50.2 Å². The van der Waals surface area contributed by atoms with Gasteiger partial charge in [-0.2, -0.15) is 18.3 Å². The van der Waals surface area contributed by atoms with Crippen molar-refractivity contribution in [3.63, 3.8) is 0 Å². The number of nitrogens with zero attached hydrogens (tertiary/aromatic N) is 3. The molecule has 2 rings (SSSR count). The SMILES string of the molecule is CCn1ncc(C(=O)N2CC(C)NC(C)C2)c1C(F)(F)F. The van der Waals surface area contributed by atoms with E-state index in [1.165, 1.54) is 4.90 Å². The molecule has 5 nitrogen and oxygen atoms in total. The summed E-state index contributed by atoms with van der Waals surface area (Å²) in [5, 5.41) is 6.93. The van der Waals surface area contributed by atoms with Crippen molar-refractivity contribution in [3.8, 4) is 0 Å². The van der Waals surface area contributed by atoms with Crippen molar-refractivity contribution >= 4 is 5.91 Å². The van der Waals surface area contributed by atoms with Gasteiger partial charge in [0.2, 0.25) is 0 Å². The molecule has 1 aromatic rings. The van der Waals surface area contributed by atoms with Crippen molar-refractivity contribution in [2.75, 3.05) is 13.1 Å². The van der Waals surface area contributed by atoms with Crippen LogP contribution < -0.4 is 5.32 Å². The second-order valence-electron chi connectivity index (χ2n) is 5.40. The summed E-state index contributed by atoms with van der Waals surface area (Å²) in [6, 6.07) is 0.0986. The number of hydrogen-bond donors (Lipinski definition) is 1. The fourth-order valence-electron chi connectivity index (χ4n) is 2.74. The third kappa shape index (κ3) is 3.20. The first-order valence-electron chi connectivity index (χ1n) is 6.92. The summed E-state index contributed by atoms with van der Waals surface area (Å²) < 4.78 is 40.3. The number of amides is 1. The fraction of sp³-hybridized carbons (Fsp3) is 0.692. The number of halogens is 3. The molecule has 1 amide bonds. The Kier molecular flexibility index (Phi) is 4.27. The minimum absolute atomic E-state index is 0.0493. The van der Waals surface area contributed by atoms with Crippen molar-refractivity contribution in [2.45, 2.75) is 45.6 Å². The summed E-state index contributed by atoms with van der Waals surface area (Å²) in [6.07, 6.45) is -3.57. The van der Waals surface area contributed by atoms with Crippen LogP contribution in [0.4, 0.5) is 13.2 Å². The van der Waals surface area contributed by atoms with E-state index in [0.29, 0.717) is 13.1 Å². The van der Waals surface area contributed by atoms with Crippen LogP contribution in [-0.4, -0.2) is 45.8 Å². The van der Waals surface area contributed by atoms with E-state index in [9.17, 15) is 18.0 Å². The van der Waals surface area contributed by atoms with Gasteiger partial charge in [0.25, 0.3) is 5.91 Å². The summed E-state index contributed by atoms with van der Waals surface area (Å²) in [5.41, 5.74) is -1.33. The van der Waals surface area contributed by atoms with Crippen molar-refractivity contribution in [1.29, 1.82) is 0 Å². The molecule has 0 aliphatic carbocycles. The number of rotatable bonds is 2. The van der Waals surface area contributed by atoms with Crippen molar-refractivity contribution in [3.05, 3.63) is 17.5 Å². The van der Waals surface area contributed by atoms with Gasteiger partial charge in [-0.05, 0) is 20.8 Å². The van der Waals surface area contributed by atoms with E-state index in [-0.39, 0.29) is 24.2 Å². The maximum Gasteiger partial charge on any atom is 0.433 e. The van der Waals surface area contributed by atoms with Crippen LogP contribution in [0.3, 0.4) is 0 Å². The van der Waals surface area contributed by atoms with E-state index < -0.39 is 17.8 Å². The van der Waals surface area contributed by atoms with Gasteiger partial charge in [0.15, 0.2) is 5.69 Å². The molecule has 2 atom stereocenters. The van der Waals surface area contributed by atoms with Crippen LogP contribution in [0, 0.1) is 0 Å². The molecule has 8 heteroatoms. The molecule has 1 fully saturated rings. The molecule has 1 aromatic heterocycles. The average molecular weight is 304 g/mol. The highest BCUT2D eigenvalue weighted by molar-refractivity contribution is 5.95. The molecular formula is C13H19F3N4O. The second kappa shape index (κ2) is 5.67. The van der Waals surface area contributed by atoms with Gasteiger partial charge in [0.05, 0.1) is 11.8 Å². The molecule has 0 radical (unpaired) electrons. The maximum atomic E-state index is 13.2. The van der Waals surface area contributed by atoms with Crippen LogP contribution in [0.15, 0.2) is 6.20 Å². The average Bonchev–Trinajstić information content (AvgIpc) is 2.80. The van der Waals surface area contributed by atoms with E-state index >= 15 is 0 Å². The van der Waals surface area contributed by atoms with Crippen molar-refractivity contribution in [2.24, 2.45) is 0 Å². The van der Waals surface area contributed by atoms with Gasteiger partial charge in [-0.15, -0.1) is 0 Å². The number of nitrogens with one attached hydrogen (secondary N) is 1. The first kappa shape index (κ1) is 15.8. The highest BCUT2D eigenvalue weighted by Gasteiger charge is 2.41. The van der Waals surface area contributed by atoms with E-state index in [1.807, 2.05) is 13.8 Å². The molecule has 0 spiro atoms. The lowest BCUT2D eigenvalue weighted by Crippen LogP contribution is -2.56. The quantitative estimate of drug-likeness (QED) is 0.905. The normalized spacial score (nSPS) is 23.4. The Morgan fingerprint density at radius 1 is 1.38 bits per heavy atom. The van der Waals surface area contributed by atoms with E-state index in [2.05, 4.69) is 10.4 Å². The predicted octanol–water partition coefficient (Wildman–Crippen LogP) is 1.74. The van der Waals surface area contributed by atoms with E-state index in [4.69, 9.17) is 0 Å². The van der Waals surface area contributed by atoms with Crippen molar-refractivity contribution < 1.29 is 18.0 Å². The molecule has 1 aliphatic heterocycles. The lowest BCUT2D eigenvalue weighted by Gasteiger charge is -2.36. The predicted molar refractivity (Wildman–Crippen MR) is 70.9 cm³/mol. The Hall–Kier alpha value is -1.57. The number of carbonyl (C=O) groups is 1. The Morgan fingerprint density at radius 3 is 2.43 bits per heavy atom. The zero-order valence-electron chi connectivity index (χ0n) is 12.2. The van der Waals surface area contributed by atoms with Crippen molar-refractivity contribution in [1.82, 2.24) is 20.0 Å². The largest absolute Gasteiger partial charge is 0.433 e. The van der Waals surface area contributed by atoms with Crippen LogP contribution in [-0.2, 0) is 12.7 Å². The molecule has 0 bridgehead atoms. The second-order valence-corrected chi connectivity index (χ2v) is 5.40. The monoisotopic (exact) mass is 304 g/mol. The zero-order chi connectivity index (χ0) is 15.8. The first-order chi connectivity index (χ1) is 9.74. The minimum Gasteiger partial charge on any atom is -0.335 e. The minimum atomic E-state index is -4.59. The van der Waals surface area contributed by atoms with Gasteiger partial charge in [-0.25, -0.2) is 0 Å². The van der Waals surface area contributed by atoms with Gasteiger partial charge >= 0.3 is 6.18 Å². The number of carbonyl (C=O) groups excluding carboxylic acids is 1. The van der Waals surface area contributed by atoms with Crippen LogP contribution in [0.5, 0.6) is 0 Å². The van der Waals surface area contributed by atoms with E-state index in [0.717, 1.165) is 10.9 Å². The Bertz CT molecular complexity index is 516. The molecule has 118 valence electrons. The summed E-state index contributed by atoms with van der Waals surface area (Å²) in [5.74, 6) is -0.609. The van der Waals surface area contributed by atoms with E-state index in [1.54, 1.807) is 6.92 Å². The first-order valence-corrected chi connectivity index (χ1v) is 6.92. The Morgan fingerprint density at radius 2 is 1.95 bits per heavy atom. The lowest BCUT2D eigenvalue weighted by molar-refractivity contribution is -0.144. The lowest BCUT2D eigenvalue weighted by atomic mass is 10.1. The number of hydrogen-bond acceptors (Lipinski definition) is 3. The highest BCUT2D eigenvalue weighted by atomic mass is 19.4. The molecule has 0 saturated carbocycles. The molecule has 1 N–H and O–H groups in total. The summed E-state index contributed by atoms with van der Waals surface area (Å²) in [4.78, 5) is 13.9. The maximum absolute atomic E-state index is 13.2. The molecule has 21 heavy (non-hydrogen) atoms. The van der Waals surface area contributed by atoms with Gasteiger partial charge < -0.3 is 10.2 Å². The number of piperazine rings is 1. The zero-order valence-corrected chi connectivity index (χ0v) is 12.2. The number of aryl methyl sites for hydroxylation is 1.